The number of fused-ring (bicyclic) bond motifs is 1. The van der Waals surface area contributed by atoms with Gasteiger partial charge in [-0.1, -0.05) is 29.5 Å². The van der Waals surface area contributed by atoms with Crippen LogP contribution in [0.15, 0.2) is 63.5 Å². The lowest BCUT2D eigenvalue weighted by Crippen LogP contribution is -2.40. The van der Waals surface area contributed by atoms with E-state index in [-0.39, 0.29) is 35.1 Å². The molecule has 1 aliphatic heterocycles. The van der Waals surface area contributed by atoms with Crippen LogP contribution in [0.2, 0.25) is 0 Å². The summed E-state index contributed by atoms with van der Waals surface area (Å²) < 4.78 is 31.0. The number of aromatic nitrogens is 1. The molecular formula is C26H23FN2O6S. The lowest BCUT2D eigenvalue weighted by Gasteiger charge is -2.25. The van der Waals surface area contributed by atoms with E-state index in [1.165, 1.54) is 30.7 Å². The molecule has 2 heterocycles. The number of allylic oxidation sites excluding steroid dienone is 1. The third-order valence-corrected chi connectivity index (χ3v) is 6.42. The van der Waals surface area contributed by atoms with E-state index in [1.54, 1.807) is 50.3 Å². The highest BCUT2D eigenvalue weighted by Crippen LogP contribution is 2.36. The number of halogens is 1. The summed E-state index contributed by atoms with van der Waals surface area (Å²) in [5.41, 5.74) is 1.43. The second kappa shape index (κ2) is 10.3. The van der Waals surface area contributed by atoms with Gasteiger partial charge in [0.05, 0.1) is 35.6 Å². The number of ether oxygens (including phenoxy) is 3. The molecule has 0 N–H and O–H groups in total. The third-order valence-electron chi connectivity index (χ3n) is 5.44. The van der Waals surface area contributed by atoms with E-state index in [4.69, 9.17) is 14.2 Å². The molecule has 0 saturated heterocycles. The van der Waals surface area contributed by atoms with Crippen molar-refractivity contribution in [3.05, 3.63) is 90.4 Å². The van der Waals surface area contributed by atoms with Crippen LogP contribution in [0.3, 0.4) is 0 Å². The monoisotopic (exact) mass is 510 g/mol. The lowest BCUT2D eigenvalue weighted by molar-refractivity contribution is -0.139. The maximum Gasteiger partial charge on any atom is 0.338 e. The minimum Gasteiger partial charge on any atom is -0.493 e. The Hall–Kier alpha value is -4.05. The van der Waals surface area contributed by atoms with Crippen molar-refractivity contribution in [2.75, 3.05) is 13.7 Å². The van der Waals surface area contributed by atoms with Gasteiger partial charge in [-0.15, -0.1) is 0 Å². The fraction of sp³-hybridized carbons (Fsp3) is 0.231. The molecule has 8 nitrogen and oxygen atoms in total. The summed E-state index contributed by atoms with van der Waals surface area (Å²) in [5.74, 6) is -1.03. The Labute approximate surface area is 209 Å². The fourth-order valence-corrected chi connectivity index (χ4v) is 4.96. The molecule has 10 heteroatoms. The smallest absolute Gasteiger partial charge is 0.338 e. The van der Waals surface area contributed by atoms with Gasteiger partial charge in [-0.05, 0) is 55.3 Å². The van der Waals surface area contributed by atoms with Crippen molar-refractivity contribution >= 4 is 29.4 Å². The van der Waals surface area contributed by atoms with E-state index in [2.05, 4.69) is 4.99 Å². The minimum absolute atomic E-state index is 0.145. The summed E-state index contributed by atoms with van der Waals surface area (Å²) in [6, 6.07) is 9.70. The third kappa shape index (κ3) is 4.85. The molecular weight excluding hydrogens is 487 g/mol. The number of methoxy groups -OCH3 is 1. The Morgan fingerprint density at radius 1 is 1.17 bits per heavy atom. The van der Waals surface area contributed by atoms with Crippen LogP contribution in [0.5, 0.6) is 11.5 Å². The van der Waals surface area contributed by atoms with Gasteiger partial charge in [0, 0.05) is 6.92 Å². The van der Waals surface area contributed by atoms with Crippen LogP contribution in [0.1, 0.15) is 37.9 Å². The summed E-state index contributed by atoms with van der Waals surface area (Å²) in [6.07, 6.45) is 1.65. The van der Waals surface area contributed by atoms with Crippen LogP contribution in [-0.4, -0.2) is 30.2 Å². The van der Waals surface area contributed by atoms with Crippen molar-refractivity contribution in [3.8, 4) is 11.5 Å². The number of hydrogen-bond acceptors (Lipinski definition) is 8. The molecule has 0 aliphatic carbocycles. The average molecular weight is 511 g/mol. The number of esters is 2. The zero-order valence-electron chi connectivity index (χ0n) is 20.0. The highest BCUT2D eigenvalue weighted by atomic mass is 32.1. The number of nitrogens with zero attached hydrogens (tertiary/aromatic N) is 2. The van der Waals surface area contributed by atoms with Crippen LogP contribution >= 0.6 is 11.3 Å². The standard InChI is InChI=1S/C26H23FN2O6S/c1-5-34-25(32)22-14(2)28-26-29(24(31)21(36-26)12-16-6-9-18(27)10-7-16)23(22)17-8-11-19(35-15(3)30)20(13-17)33-4/h6-13,23H,5H2,1-4H3. The number of carbonyl (C=O) groups is 2. The number of thiazole rings is 1. The first-order valence-electron chi connectivity index (χ1n) is 11.0. The first-order chi connectivity index (χ1) is 17.2. The van der Waals surface area contributed by atoms with E-state index in [0.717, 1.165) is 11.3 Å². The van der Waals surface area contributed by atoms with Crippen LogP contribution in [-0.2, 0) is 14.3 Å². The normalized spacial score (nSPS) is 15.2. The molecule has 186 valence electrons. The molecule has 0 bridgehead atoms. The zero-order valence-corrected chi connectivity index (χ0v) is 20.8. The van der Waals surface area contributed by atoms with Crippen molar-refractivity contribution in [2.24, 2.45) is 4.99 Å². The van der Waals surface area contributed by atoms with E-state index in [0.29, 0.717) is 26.2 Å². The summed E-state index contributed by atoms with van der Waals surface area (Å²) >= 11 is 1.16. The van der Waals surface area contributed by atoms with Gasteiger partial charge < -0.3 is 14.2 Å². The highest BCUT2D eigenvalue weighted by molar-refractivity contribution is 7.07. The molecule has 0 amide bonds. The van der Waals surface area contributed by atoms with Crippen LogP contribution in [0.4, 0.5) is 4.39 Å². The van der Waals surface area contributed by atoms with Gasteiger partial charge >= 0.3 is 11.9 Å². The molecule has 1 aliphatic rings. The molecule has 1 aromatic heterocycles. The van der Waals surface area contributed by atoms with Gasteiger partial charge in [0.2, 0.25) is 0 Å². The zero-order chi connectivity index (χ0) is 26.0. The molecule has 4 rings (SSSR count). The van der Waals surface area contributed by atoms with Crippen molar-refractivity contribution in [2.45, 2.75) is 26.8 Å². The topological polar surface area (TPSA) is 96.2 Å². The Morgan fingerprint density at radius 2 is 1.89 bits per heavy atom. The molecule has 1 atom stereocenters. The SMILES string of the molecule is CCOC(=O)C1=C(C)N=c2sc(=Cc3ccc(F)cc3)c(=O)n2C1c1ccc(OC(C)=O)c(OC)c1. The Kier molecular flexibility index (Phi) is 7.16. The maximum atomic E-state index is 13.6. The van der Waals surface area contributed by atoms with Crippen molar-refractivity contribution in [1.82, 2.24) is 4.57 Å². The second-order valence-corrected chi connectivity index (χ2v) is 8.87. The molecule has 36 heavy (non-hydrogen) atoms. The quantitative estimate of drug-likeness (QED) is 0.374. The number of carbonyl (C=O) groups excluding carboxylic acids is 2. The van der Waals surface area contributed by atoms with Gasteiger partial charge in [-0.3, -0.25) is 14.2 Å². The van der Waals surface area contributed by atoms with Gasteiger partial charge in [0.25, 0.3) is 5.56 Å². The van der Waals surface area contributed by atoms with Crippen LogP contribution in [0, 0.1) is 5.82 Å². The first kappa shape index (κ1) is 25.1. The Balaban J connectivity index is 1.94. The summed E-state index contributed by atoms with van der Waals surface area (Å²) in [5, 5.41) is 0. The van der Waals surface area contributed by atoms with Crippen molar-refractivity contribution in [3.63, 3.8) is 0 Å². The number of benzene rings is 2. The minimum atomic E-state index is -0.865. The predicted molar refractivity (Wildman–Crippen MR) is 131 cm³/mol. The molecule has 0 radical (unpaired) electrons. The average Bonchev–Trinajstić information content (AvgIpc) is 3.14. The van der Waals surface area contributed by atoms with Gasteiger partial charge in [0.1, 0.15) is 5.82 Å². The Bertz CT molecular complexity index is 1550. The summed E-state index contributed by atoms with van der Waals surface area (Å²) in [6.45, 7) is 4.79. The van der Waals surface area contributed by atoms with E-state index in [1.807, 2.05) is 0 Å². The first-order valence-corrected chi connectivity index (χ1v) is 11.9. The number of hydrogen-bond donors (Lipinski definition) is 0. The highest BCUT2D eigenvalue weighted by Gasteiger charge is 2.34. The van der Waals surface area contributed by atoms with Crippen LogP contribution in [0.25, 0.3) is 6.08 Å². The lowest BCUT2D eigenvalue weighted by atomic mass is 9.95. The second-order valence-electron chi connectivity index (χ2n) is 7.86. The largest absolute Gasteiger partial charge is 0.493 e. The summed E-state index contributed by atoms with van der Waals surface area (Å²) in [4.78, 5) is 43.0. The van der Waals surface area contributed by atoms with Crippen LogP contribution < -0.4 is 24.4 Å². The fourth-order valence-electron chi connectivity index (χ4n) is 3.91. The molecule has 2 aromatic carbocycles. The molecule has 0 saturated carbocycles. The molecule has 0 fully saturated rings. The molecule has 0 spiro atoms. The van der Waals surface area contributed by atoms with E-state index in [9.17, 15) is 18.8 Å². The molecule has 3 aromatic rings. The predicted octanol–water partition coefficient (Wildman–Crippen LogP) is 2.87. The number of rotatable bonds is 6. The summed E-state index contributed by atoms with van der Waals surface area (Å²) in [7, 11) is 1.42. The van der Waals surface area contributed by atoms with Crippen molar-refractivity contribution < 1.29 is 28.2 Å². The van der Waals surface area contributed by atoms with Gasteiger partial charge in [0.15, 0.2) is 16.3 Å². The van der Waals surface area contributed by atoms with E-state index < -0.39 is 18.0 Å². The maximum absolute atomic E-state index is 13.6. The van der Waals surface area contributed by atoms with Crippen molar-refractivity contribution in [1.29, 1.82) is 0 Å². The Morgan fingerprint density at radius 3 is 2.53 bits per heavy atom. The van der Waals surface area contributed by atoms with Gasteiger partial charge in [-0.25, -0.2) is 14.2 Å². The van der Waals surface area contributed by atoms with E-state index >= 15 is 0 Å². The molecule has 1 unspecified atom stereocenters. The van der Waals surface area contributed by atoms with Gasteiger partial charge in [-0.2, -0.15) is 0 Å².